The van der Waals surface area contributed by atoms with Crippen LogP contribution in [0, 0.1) is 6.92 Å². The predicted molar refractivity (Wildman–Crippen MR) is 100 cm³/mol. The van der Waals surface area contributed by atoms with Crippen LogP contribution in [0.2, 0.25) is 0 Å². The first kappa shape index (κ1) is 18.9. The largest absolute Gasteiger partial charge is 0.490 e. The van der Waals surface area contributed by atoms with E-state index in [1.807, 2.05) is 31.2 Å². The van der Waals surface area contributed by atoms with Gasteiger partial charge in [-0.05, 0) is 36.8 Å². The van der Waals surface area contributed by atoms with E-state index in [1.165, 1.54) is 6.07 Å². The molecule has 1 aliphatic heterocycles. The van der Waals surface area contributed by atoms with Crippen molar-refractivity contribution in [1.29, 1.82) is 0 Å². The number of aryl methyl sites for hydroxylation is 1. The maximum absolute atomic E-state index is 12.0. The number of carbonyl (C=O) groups excluding carboxylic acids is 1. The molecule has 1 heterocycles. The Morgan fingerprint density at radius 3 is 2.74 bits per heavy atom. The monoisotopic (exact) mass is 388 g/mol. The van der Waals surface area contributed by atoms with Crippen molar-refractivity contribution in [2.75, 3.05) is 19.8 Å². The molecule has 0 unspecified atom stereocenters. The summed E-state index contributed by atoms with van der Waals surface area (Å²) in [5.41, 5.74) is 1.60. The maximum Gasteiger partial charge on any atom is 0.307 e. The average molecular weight is 388 g/mol. The van der Waals surface area contributed by atoms with E-state index in [4.69, 9.17) is 9.47 Å². The van der Waals surface area contributed by atoms with Crippen LogP contribution in [-0.2, 0) is 19.6 Å². The summed E-state index contributed by atoms with van der Waals surface area (Å²) in [6.45, 7) is 2.50. The molecule has 0 radical (unpaired) electrons. The van der Waals surface area contributed by atoms with Crippen LogP contribution >= 0.6 is 0 Å². The molecule has 0 saturated carbocycles. The van der Waals surface area contributed by atoms with Gasteiger partial charge in [-0.25, -0.2) is 8.42 Å². The summed E-state index contributed by atoms with van der Waals surface area (Å²) in [6.07, 6.45) is 0.0534. The summed E-state index contributed by atoms with van der Waals surface area (Å²) in [5.74, 6) is 0.562. The fraction of sp³-hybridized carbons (Fsp3) is 0.263. The van der Waals surface area contributed by atoms with E-state index in [9.17, 15) is 13.2 Å². The highest BCUT2D eigenvalue weighted by molar-refractivity contribution is 7.90. The molecule has 1 aliphatic rings. The second-order valence-corrected chi connectivity index (χ2v) is 7.62. The fourth-order valence-corrected chi connectivity index (χ4v) is 3.85. The third-order valence-electron chi connectivity index (χ3n) is 3.85. The van der Waals surface area contributed by atoms with Gasteiger partial charge in [-0.1, -0.05) is 24.3 Å². The second-order valence-electron chi connectivity index (χ2n) is 5.97. The summed E-state index contributed by atoms with van der Waals surface area (Å²) >= 11 is 0. The van der Waals surface area contributed by atoms with Crippen LogP contribution in [0.5, 0.6) is 5.75 Å². The lowest BCUT2D eigenvalue weighted by Crippen LogP contribution is -2.22. The number of esters is 1. The van der Waals surface area contributed by atoms with E-state index in [1.54, 1.807) is 18.2 Å². The van der Waals surface area contributed by atoms with Crippen LogP contribution in [0.15, 0.2) is 58.4 Å². The number of ether oxygens (including phenoxy) is 2. The Morgan fingerprint density at radius 2 is 1.93 bits per heavy atom. The highest BCUT2D eigenvalue weighted by Gasteiger charge is 2.29. The minimum Gasteiger partial charge on any atom is -0.490 e. The number of rotatable bonds is 7. The molecule has 7 nitrogen and oxygen atoms in total. The molecule has 27 heavy (non-hydrogen) atoms. The average Bonchev–Trinajstić information content (AvgIpc) is 2.90. The zero-order valence-corrected chi connectivity index (χ0v) is 15.7. The van der Waals surface area contributed by atoms with Gasteiger partial charge in [0.2, 0.25) is 0 Å². The summed E-state index contributed by atoms with van der Waals surface area (Å²) in [4.78, 5) is 16.1. The number of benzene rings is 2. The number of hydrogen-bond acceptors (Lipinski definition) is 6. The normalized spacial score (nSPS) is 15.8. The Hall–Kier alpha value is -2.87. The van der Waals surface area contributed by atoms with E-state index >= 15 is 0 Å². The minimum absolute atomic E-state index is 0.0534. The first-order valence-corrected chi connectivity index (χ1v) is 9.96. The van der Waals surface area contributed by atoms with Gasteiger partial charge in [0, 0.05) is 5.56 Å². The molecule has 2 aromatic rings. The van der Waals surface area contributed by atoms with E-state index in [2.05, 4.69) is 9.71 Å². The van der Waals surface area contributed by atoms with Crippen molar-refractivity contribution in [3.63, 3.8) is 0 Å². The van der Waals surface area contributed by atoms with Gasteiger partial charge in [-0.15, -0.1) is 0 Å². The number of hydrogen-bond donors (Lipinski definition) is 1. The third-order valence-corrected chi connectivity index (χ3v) is 5.25. The van der Waals surface area contributed by atoms with Crippen molar-refractivity contribution in [2.24, 2.45) is 4.99 Å². The van der Waals surface area contributed by atoms with Crippen molar-refractivity contribution < 1.29 is 22.7 Å². The molecule has 0 saturated heterocycles. The van der Waals surface area contributed by atoms with Crippen LogP contribution in [0.25, 0.3) is 0 Å². The van der Waals surface area contributed by atoms with E-state index < -0.39 is 16.0 Å². The smallest absolute Gasteiger partial charge is 0.307 e. The van der Waals surface area contributed by atoms with Gasteiger partial charge in [0.1, 0.15) is 24.8 Å². The maximum atomic E-state index is 12.0. The predicted octanol–water partition coefficient (Wildman–Crippen LogP) is 2.05. The second kappa shape index (κ2) is 8.22. The summed E-state index contributed by atoms with van der Waals surface area (Å²) in [7, 11) is -3.57. The summed E-state index contributed by atoms with van der Waals surface area (Å²) in [6, 6.07) is 14.2. The van der Waals surface area contributed by atoms with E-state index in [-0.39, 0.29) is 36.9 Å². The summed E-state index contributed by atoms with van der Waals surface area (Å²) < 4.78 is 36.9. The molecular weight excluding hydrogens is 368 g/mol. The molecular formula is C19H20N2O5S. The Labute approximate surface area is 158 Å². The van der Waals surface area contributed by atoms with Crippen LogP contribution in [0.3, 0.4) is 0 Å². The highest BCUT2D eigenvalue weighted by Crippen LogP contribution is 2.22. The Bertz CT molecular complexity index is 970. The molecule has 0 atom stereocenters. The van der Waals surface area contributed by atoms with Gasteiger partial charge in [0.05, 0.1) is 17.9 Å². The molecule has 0 aliphatic carbocycles. The first-order valence-electron chi connectivity index (χ1n) is 8.47. The van der Waals surface area contributed by atoms with Gasteiger partial charge in [0.25, 0.3) is 10.0 Å². The van der Waals surface area contributed by atoms with Gasteiger partial charge in [-0.2, -0.15) is 0 Å². The molecule has 0 bridgehead atoms. The van der Waals surface area contributed by atoms with Crippen molar-refractivity contribution >= 4 is 21.8 Å². The van der Waals surface area contributed by atoms with Crippen molar-refractivity contribution in [2.45, 2.75) is 18.2 Å². The van der Waals surface area contributed by atoms with Gasteiger partial charge >= 0.3 is 5.97 Å². The van der Waals surface area contributed by atoms with Gasteiger partial charge < -0.3 is 9.47 Å². The molecule has 0 amide bonds. The lowest BCUT2D eigenvalue weighted by Gasteiger charge is -2.07. The standard InChI is InChI=1S/C19H20N2O5S/c1-14-5-4-6-15(13-14)25-11-12-26-18(22)9-10-20-19-16-7-2-3-8-17(16)27(23,24)21-19/h2-8,13H,9-12H2,1H3,(H,20,21). The van der Waals surface area contributed by atoms with Crippen LogP contribution in [0.4, 0.5) is 0 Å². The van der Waals surface area contributed by atoms with Crippen molar-refractivity contribution in [3.05, 3.63) is 59.7 Å². The number of aliphatic imine (C=N–C) groups is 1. The van der Waals surface area contributed by atoms with E-state index in [0.29, 0.717) is 5.56 Å². The molecule has 0 aromatic heterocycles. The number of nitrogens with zero attached hydrogens (tertiary/aromatic N) is 1. The molecule has 0 fully saturated rings. The Morgan fingerprint density at radius 1 is 1.11 bits per heavy atom. The van der Waals surface area contributed by atoms with Gasteiger partial charge in [0.15, 0.2) is 0 Å². The third kappa shape index (κ3) is 4.85. The first-order chi connectivity index (χ1) is 13.0. The van der Waals surface area contributed by atoms with Crippen molar-refractivity contribution in [3.8, 4) is 5.75 Å². The summed E-state index contributed by atoms with van der Waals surface area (Å²) in [5, 5.41) is 0. The number of sulfonamides is 1. The minimum atomic E-state index is -3.57. The lowest BCUT2D eigenvalue weighted by molar-refractivity contribution is -0.144. The highest BCUT2D eigenvalue weighted by atomic mass is 32.2. The van der Waals surface area contributed by atoms with Gasteiger partial charge in [-0.3, -0.25) is 14.5 Å². The zero-order valence-electron chi connectivity index (χ0n) is 14.8. The molecule has 1 N–H and O–H groups in total. The molecule has 0 spiro atoms. The van der Waals surface area contributed by atoms with Crippen molar-refractivity contribution in [1.82, 2.24) is 4.72 Å². The number of amidine groups is 1. The van der Waals surface area contributed by atoms with Crippen LogP contribution in [0.1, 0.15) is 17.5 Å². The SMILES string of the molecule is Cc1cccc(OCCOC(=O)CCN=C2NS(=O)(=O)c3ccccc32)c1. The lowest BCUT2D eigenvalue weighted by atomic mass is 10.2. The zero-order chi connectivity index (χ0) is 19.3. The van der Waals surface area contributed by atoms with E-state index in [0.717, 1.165) is 11.3 Å². The fourth-order valence-electron chi connectivity index (χ4n) is 2.60. The van der Waals surface area contributed by atoms with Crippen LogP contribution < -0.4 is 9.46 Å². The Kier molecular flexibility index (Phi) is 5.75. The quantitative estimate of drug-likeness (QED) is 0.579. The number of nitrogens with one attached hydrogen (secondary N) is 1. The Balaban J connectivity index is 1.43. The molecule has 2 aromatic carbocycles. The number of carbonyl (C=O) groups is 1. The molecule has 3 rings (SSSR count). The number of fused-ring (bicyclic) bond motifs is 1. The molecule has 8 heteroatoms. The van der Waals surface area contributed by atoms with Crippen LogP contribution in [-0.4, -0.2) is 40.0 Å². The topological polar surface area (TPSA) is 94.1 Å². The molecule has 142 valence electrons.